The zero-order valence-corrected chi connectivity index (χ0v) is 16.2. The zero-order chi connectivity index (χ0) is 18.7. The van der Waals surface area contributed by atoms with E-state index in [1.165, 1.54) is 35.0 Å². The van der Waals surface area contributed by atoms with E-state index in [1.54, 1.807) is 6.07 Å². The van der Waals surface area contributed by atoms with Gasteiger partial charge in [0.1, 0.15) is 11.6 Å². The summed E-state index contributed by atoms with van der Waals surface area (Å²) in [4.78, 5) is 0. The van der Waals surface area contributed by atoms with Gasteiger partial charge in [0.2, 0.25) is 0 Å². The fourth-order valence-electron chi connectivity index (χ4n) is 2.62. The minimum Gasteiger partial charge on any atom is -0.483 e. The summed E-state index contributed by atoms with van der Waals surface area (Å²) in [5, 5.41) is 9.30. The minimum absolute atomic E-state index is 0.224. The third kappa shape index (κ3) is 4.25. The standard InChI is InChI=1S/C20H22FN3OS/c1-13-8-9-18(10-14(13)2)25-15(3)19-22-23-20(24(19)4)26-12-16-6-5-7-17(21)11-16/h5-11,15H,12H2,1-4H3. The van der Waals surface area contributed by atoms with E-state index in [1.807, 2.05) is 42.8 Å². The van der Waals surface area contributed by atoms with Gasteiger partial charge in [-0.15, -0.1) is 10.2 Å². The van der Waals surface area contributed by atoms with Gasteiger partial charge in [-0.05, 0) is 61.7 Å². The van der Waals surface area contributed by atoms with Gasteiger partial charge in [0.15, 0.2) is 17.1 Å². The molecule has 0 spiro atoms. The summed E-state index contributed by atoms with van der Waals surface area (Å²) in [5.74, 6) is 1.98. The molecule has 3 rings (SSSR count). The van der Waals surface area contributed by atoms with Crippen LogP contribution in [0.1, 0.15) is 35.5 Å². The number of nitrogens with zero attached hydrogens (tertiary/aromatic N) is 3. The highest BCUT2D eigenvalue weighted by molar-refractivity contribution is 7.98. The molecule has 1 heterocycles. The van der Waals surface area contributed by atoms with Crippen LogP contribution in [0.2, 0.25) is 0 Å². The lowest BCUT2D eigenvalue weighted by Gasteiger charge is -2.15. The summed E-state index contributed by atoms with van der Waals surface area (Å²) >= 11 is 1.52. The van der Waals surface area contributed by atoms with Crippen molar-refractivity contribution in [2.24, 2.45) is 7.05 Å². The van der Waals surface area contributed by atoms with Crippen LogP contribution in [0.4, 0.5) is 4.39 Å². The molecule has 6 heteroatoms. The summed E-state index contributed by atoms with van der Waals surface area (Å²) < 4.78 is 21.2. The molecule has 0 aliphatic heterocycles. The molecule has 1 atom stereocenters. The van der Waals surface area contributed by atoms with Crippen molar-refractivity contribution in [2.45, 2.75) is 37.8 Å². The normalized spacial score (nSPS) is 12.2. The minimum atomic E-state index is -0.225. The van der Waals surface area contributed by atoms with E-state index in [2.05, 4.69) is 24.0 Å². The lowest BCUT2D eigenvalue weighted by Crippen LogP contribution is -2.10. The summed E-state index contributed by atoms with van der Waals surface area (Å²) in [5.41, 5.74) is 3.35. The van der Waals surface area contributed by atoms with Crippen LogP contribution in [0.5, 0.6) is 5.75 Å². The molecular formula is C20H22FN3OS. The van der Waals surface area contributed by atoms with Gasteiger partial charge in [-0.3, -0.25) is 0 Å². The highest BCUT2D eigenvalue weighted by atomic mass is 32.2. The first-order valence-electron chi connectivity index (χ1n) is 8.44. The molecule has 0 radical (unpaired) electrons. The van der Waals surface area contributed by atoms with E-state index in [4.69, 9.17) is 4.74 Å². The molecule has 0 saturated carbocycles. The number of ether oxygens (including phenoxy) is 1. The number of aromatic nitrogens is 3. The SMILES string of the molecule is Cc1ccc(OC(C)c2nnc(SCc3cccc(F)c3)n2C)cc1C. The van der Waals surface area contributed by atoms with E-state index < -0.39 is 0 Å². The molecule has 4 nitrogen and oxygen atoms in total. The molecule has 3 aromatic rings. The van der Waals surface area contributed by atoms with Crippen molar-refractivity contribution in [3.63, 3.8) is 0 Å². The van der Waals surface area contributed by atoms with Crippen LogP contribution in [0, 0.1) is 19.7 Å². The molecule has 0 aliphatic rings. The van der Waals surface area contributed by atoms with Crippen molar-refractivity contribution >= 4 is 11.8 Å². The predicted molar refractivity (Wildman–Crippen MR) is 102 cm³/mol. The first kappa shape index (κ1) is 18.5. The molecule has 0 bridgehead atoms. The summed E-state index contributed by atoms with van der Waals surface area (Å²) in [6.07, 6.45) is -0.224. The second-order valence-electron chi connectivity index (χ2n) is 6.32. The smallest absolute Gasteiger partial charge is 0.191 e. The molecule has 0 N–H and O–H groups in total. The van der Waals surface area contributed by atoms with Gasteiger partial charge in [-0.25, -0.2) is 4.39 Å². The maximum atomic E-state index is 13.3. The third-order valence-corrected chi connectivity index (χ3v) is 5.37. The maximum Gasteiger partial charge on any atom is 0.191 e. The van der Waals surface area contributed by atoms with Crippen LogP contribution in [-0.4, -0.2) is 14.8 Å². The zero-order valence-electron chi connectivity index (χ0n) is 15.4. The Morgan fingerprint density at radius 2 is 1.92 bits per heavy atom. The molecule has 1 unspecified atom stereocenters. The Morgan fingerprint density at radius 1 is 1.12 bits per heavy atom. The fourth-order valence-corrected chi connectivity index (χ4v) is 3.49. The van der Waals surface area contributed by atoms with Crippen LogP contribution in [0.3, 0.4) is 0 Å². The first-order chi connectivity index (χ1) is 12.4. The number of aryl methyl sites for hydroxylation is 2. The second kappa shape index (κ2) is 7.91. The number of hydrogen-bond acceptors (Lipinski definition) is 4. The van der Waals surface area contributed by atoms with Gasteiger partial charge in [0, 0.05) is 12.8 Å². The average Bonchev–Trinajstić information content (AvgIpc) is 2.97. The van der Waals surface area contributed by atoms with E-state index in [0.717, 1.165) is 22.3 Å². The topological polar surface area (TPSA) is 39.9 Å². The van der Waals surface area contributed by atoms with Crippen molar-refractivity contribution in [1.82, 2.24) is 14.8 Å². The number of hydrogen-bond donors (Lipinski definition) is 0. The molecule has 0 aliphatic carbocycles. The number of halogens is 1. The Labute approximate surface area is 157 Å². The Morgan fingerprint density at radius 3 is 2.65 bits per heavy atom. The van der Waals surface area contributed by atoms with Gasteiger partial charge < -0.3 is 9.30 Å². The van der Waals surface area contributed by atoms with Crippen molar-refractivity contribution in [2.75, 3.05) is 0 Å². The first-order valence-corrected chi connectivity index (χ1v) is 9.43. The van der Waals surface area contributed by atoms with Crippen LogP contribution in [0.25, 0.3) is 0 Å². The molecule has 0 fully saturated rings. The summed E-state index contributed by atoms with van der Waals surface area (Å²) in [7, 11) is 1.92. The maximum absolute atomic E-state index is 13.3. The molecular weight excluding hydrogens is 349 g/mol. The van der Waals surface area contributed by atoms with Crippen molar-refractivity contribution < 1.29 is 9.13 Å². The molecule has 136 valence electrons. The molecule has 1 aromatic heterocycles. The van der Waals surface area contributed by atoms with Gasteiger partial charge in [-0.2, -0.15) is 0 Å². The van der Waals surface area contributed by atoms with Gasteiger partial charge in [0.05, 0.1) is 0 Å². The Bertz CT molecular complexity index is 910. The highest BCUT2D eigenvalue weighted by Crippen LogP contribution is 2.26. The third-order valence-electron chi connectivity index (χ3n) is 4.28. The van der Waals surface area contributed by atoms with Crippen molar-refractivity contribution in [3.8, 4) is 5.75 Å². The Hall–Kier alpha value is -2.34. The molecule has 2 aromatic carbocycles. The van der Waals surface area contributed by atoms with Gasteiger partial charge in [-0.1, -0.05) is 30.0 Å². The Balaban J connectivity index is 1.68. The van der Waals surface area contributed by atoms with E-state index in [0.29, 0.717) is 5.75 Å². The Kier molecular flexibility index (Phi) is 5.61. The number of thioether (sulfide) groups is 1. The van der Waals surface area contributed by atoms with Crippen LogP contribution >= 0.6 is 11.8 Å². The van der Waals surface area contributed by atoms with Crippen LogP contribution in [-0.2, 0) is 12.8 Å². The highest BCUT2D eigenvalue weighted by Gasteiger charge is 2.17. The lowest BCUT2D eigenvalue weighted by molar-refractivity contribution is 0.211. The second-order valence-corrected chi connectivity index (χ2v) is 7.27. The van der Waals surface area contributed by atoms with Crippen LogP contribution in [0.15, 0.2) is 47.6 Å². The molecule has 26 heavy (non-hydrogen) atoms. The van der Waals surface area contributed by atoms with Crippen LogP contribution < -0.4 is 4.74 Å². The quantitative estimate of drug-likeness (QED) is 0.572. The predicted octanol–water partition coefficient (Wildman–Crippen LogP) is 5.00. The van der Waals surface area contributed by atoms with Crippen molar-refractivity contribution in [3.05, 3.63) is 70.8 Å². The number of rotatable bonds is 6. The van der Waals surface area contributed by atoms with E-state index in [9.17, 15) is 4.39 Å². The van der Waals surface area contributed by atoms with Crippen molar-refractivity contribution in [1.29, 1.82) is 0 Å². The largest absolute Gasteiger partial charge is 0.483 e. The summed E-state index contributed by atoms with van der Waals surface area (Å²) in [6.45, 7) is 6.10. The lowest BCUT2D eigenvalue weighted by atomic mass is 10.1. The summed E-state index contributed by atoms with van der Waals surface area (Å²) in [6, 6.07) is 12.6. The van der Waals surface area contributed by atoms with Gasteiger partial charge >= 0.3 is 0 Å². The van der Waals surface area contributed by atoms with Gasteiger partial charge in [0.25, 0.3) is 0 Å². The fraction of sp³-hybridized carbons (Fsp3) is 0.300. The van der Waals surface area contributed by atoms with E-state index >= 15 is 0 Å². The number of benzene rings is 2. The molecule has 0 saturated heterocycles. The molecule has 0 amide bonds. The monoisotopic (exact) mass is 371 g/mol. The van der Waals surface area contributed by atoms with E-state index in [-0.39, 0.29) is 11.9 Å². The average molecular weight is 371 g/mol.